The molecule has 1 aliphatic heterocycles. The number of hydrogen-bond donors (Lipinski definition) is 0. The Balaban J connectivity index is 1.34. The fourth-order valence-electron chi connectivity index (χ4n) is 3.72. The number of aromatic nitrogens is 3. The smallest absolute Gasteiger partial charge is 0.272 e. The molecule has 0 unspecified atom stereocenters. The van der Waals surface area contributed by atoms with Crippen molar-refractivity contribution in [2.45, 2.75) is 0 Å². The topological polar surface area (TPSA) is 46.3 Å². The van der Waals surface area contributed by atoms with Gasteiger partial charge in [0.15, 0.2) is 0 Å². The summed E-state index contributed by atoms with van der Waals surface area (Å²) in [5.74, 6) is 0.0555. The van der Waals surface area contributed by atoms with Crippen LogP contribution in [0.25, 0.3) is 17.5 Å². The number of rotatable bonds is 5. The van der Waals surface area contributed by atoms with Crippen LogP contribution < -0.4 is 0 Å². The maximum atomic E-state index is 13.0. The van der Waals surface area contributed by atoms with Gasteiger partial charge in [0, 0.05) is 53.0 Å². The molecule has 0 saturated carbocycles. The van der Waals surface area contributed by atoms with Crippen LogP contribution in [0.2, 0.25) is 0 Å². The molecule has 1 saturated heterocycles. The standard InChI is InChI=1S/C23H27N5O/c1-25-12-7-11-21(25)20-18-22(26(2)24-20)23(29)28-16-14-27(15-17-28)13-6-10-19-8-4-3-5-9-19/h3-12,18H,13-17H2,1-2H3/b10-6+. The summed E-state index contributed by atoms with van der Waals surface area (Å²) in [6.07, 6.45) is 6.33. The third kappa shape index (κ3) is 4.32. The minimum atomic E-state index is 0.0555. The van der Waals surface area contributed by atoms with Gasteiger partial charge in [-0.3, -0.25) is 14.4 Å². The van der Waals surface area contributed by atoms with E-state index in [1.807, 2.05) is 66.2 Å². The van der Waals surface area contributed by atoms with E-state index >= 15 is 0 Å². The second-order valence-corrected chi connectivity index (χ2v) is 7.45. The van der Waals surface area contributed by atoms with E-state index in [0.717, 1.165) is 44.1 Å². The summed E-state index contributed by atoms with van der Waals surface area (Å²) in [5, 5.41) is 4.54. The Morgan fingerprint density at radius 3 is 2.48 bits per heavy atom. The highest BCUT2D eigenvalue weighted by Crippen LogP contribution is 2.20. The summed E-state index contributed by atoms with van der Waals surface area (Å²) in [6, 6.07) is 16.2. The molecule has 1 fully saturated rings. The van der Waals surface area contributed by atoms with Crippen LogP contribution in [-0.2, 0) is 14.1 Å². The van der Waals surface area contributed by atoms with Gasteiger partial charge in [0.25, 0.3) is 5.91 Å². The van der Waals surface area contributed by atoms with Crippen LogP contribution >= 0.6 is 0 Å². The summed E-state index contributed by atoms with van der Waals surface area (Å²) in [5.41, 5.74) is 3.69. The van der Waals surface area contributed by atoms with Gasteiger partial charge >= 0.3 is 0 Å². The van der Waals surface area contributed by atoms with Crippen molar-refractivity contribution in [2.24, 2.45) is 14.1 Å². The number of amides is 1. The largest absolute Gasteiger partial charge is 0.349 e. The lowest BCUT2D eigenvalue weighted by molar-refractivity contribution is 0.0639. The molecule has 6 heteroatoms. The molecule has 0 spiro atoms. The van der Waals surface area contributed by atoms with Gasteiger partial charge in [0.1, 0.15) is 11.4 Å². The molecule has 4 rings (SSSR count). The second kappa shape index (κ2) is 8.49. The first-order chi connectivity index (χ1) is 14.1. The Morgan fingerprint density at radius 1 is 1.03 bits per heavy atom. The fraction of sp³-hybridized carbons (Fsp3) is 0.304. The first kappa shape index (κ1) is 19.2. The van der Waals surface area contributed by atoms with Crippen LogP contribution in [0.5, 0.6) is 0 Å². The van der Waals surface area contributed by atoms with Crippen LogP contribution in [0.15, 0.2) is 60.8 Å². The van der Waals surface area contributed by atoms with Gasteiger partial charge in [-0.2, -0.15) is 5.10 Å². The molecule has 0 bridgehead atoms. The number of hydrogen-bond acceptors (Lipinski definition) is 3. The summed E-state index contributed by atoms with van der Waals surface area (Å²) in [4.78, 5) is 17.3. The van der Waals surface area contributed by atoms with Crippen molar-refractivity contribution >= 4 is 12.0 Å². The van der Waals surface area contributed by atoms with E-state index in [9.17, 15) is 4.79 Å². The SMILES string of the molecule is Cn1cccc1-c1cc(C(=O)N2CCN(C/C=C/c3ccccc3)CC2)n(C)n1. The second-order valence-electron chi connectivity index (χ2n) is 7.45. The van der Waals surface area contributed by atoms with Crippen molar-refractivity contribution < 1.29 is 4.79 Å². The van der Waals surface area contributed by atoms with Crippen LogP contribution in [0.3, 0.4) is 0 Å². The molecule has 3 aromatic rings. The number of aryl methyl sites for hydroxylation is 2. The maximum Gasteiger partial charge on any atom is 0.272 e. The van der Waals surface area contributed by atoms with Crippen molar-refractivity contribution in [1.82, 2.24) is 24.1 Å². The first-order valence-electron chi connectivity index (χ1n) is 10.0. The van der Waals surface area contributed by atoms with Crippen LogP contribution in [0.1, 0.15) is 16.1 Å². The summed E-state index contributed by atoms with van der Waals surface area (Å²) < 4.78 is 3.71. The van der Waals surface area contributed by atoms with E-state index in [4.69, 9.17) is 0 Å². The highest BCUT2D eigenvalue weighted by molar-refractivity contribution is 5.93. The summed E-state index contributed by atoms with van der Waals surface area (Å²) in [6.45, 7) is 4.15. The summed E-state index contributed by atoms with van der Waals surface area (Å²) >= 11 is 0. The number of nitrogens with zero attached hydrogens (tertiary/aromatic N) is 5. The minimum absolute atomic E-state index is 0.0555. The zero-order valence-corrected chi connectivity index (χ0v) is 17.0. The van der Waals surface area contributed by atoms with Crippen LogP contribution in [0.4, 0.5) is 0 Å². The fourth-order valence-corrected chi connectivity index (χ4v) is 3.72. The highest BCUT2D eigenvalue weighted by atomic mass is 16.2. The molecule has 1 aliphatic rings. The molecule has 29 heavy (non-hydrogen) atoms. The molecule has 2 aromatic heterocycles. The van der Waals surface area contributed by atoms with Crippen LogP contribution in [0, 0.1) is 0 Å². The van der Waals surface area contributed by atoms with E-state index in [0.29, 0.717) is 5.69 Å². The van der Waals surface area contributed by atoms with Crippen LogP contribution in [-0.4, -0.2) is 62.8 Å². The molecule has 0 atom stereocenters. The van der Waals surface area contributed by atoms with E-state index in [2.05, 4.69) is 34.3 Å². The van der Waals surface area contributed by atoms with E-state index < -0.39 is 0 Å². The molecule has 1 aromatic carbocycles. The molecule has 0 N–H and O–H groups in total. The van der Waals surface area contributed by atoms with Gasteiger partial charge in [-0.25, -0.2) is 0 Å². The predicted molar refractivity (Wildman–Crippen MR) is 115 cm³/mol. The minimum Gasteiger partial charge on any atom is -0.349 e. The zero-order valence-electron chi connectivity index (χ0n) is 17.0. The summed E-state index contributed by atoms with van der Waals surface area (Å²) in [7, 11) is 3.82. The lowest BCUT2D eigenvalue weighted by Gasteiger charge is -2.34. The maximum absolute atomic E-state index is 13.0. The van der Waals surface area contributed by atoms with Gasteiger partial charge in [-0.05, 0) is 23.8 Å². The Hall–Kier alpha value is -3.12. The zero-order chi connectivity index (χ0) is 20.2. The number of carbonyl (C=O) groups is 1. The molecule has 150 valence electrons. The lowest BCUT2D eigenvalue weighted by Crippen LogP contribution is -2.48. The lowest BCUT2D eigenvalue weighted by atomic mass is 10.2. The third-order valence-corrected chi connectivity index (χ3v) is 5.44. The van der Waals surface area contributed by atoms with Gasteiger partial charge in [0.2, 0.25) is 0 Å². The van der Waals surface area contributed by atoms with Crippen molar-refractivity contribution in [3.8, 4) is 11.4 Å². The molecule has 0 aliphatic carbocycles. The number of benzene rings is 1. The van der Waals surface area contributed by atoms with Gasteiger partial charge in [-0.15, -0.1) is 0 Å². The van der Waals surface area contributed by atoms with Gasteiger partial charge in [0.05, 0.1) is 5.69 Å². The Labute approximate surface area is 171 Å². The first-order valence-corrected chi connectivity index (χ1v) is 10.0. The highest BCUT2D eigenvalue weighted by Gasteiger charge is 2.24. The average molecular weight is 390 g/mol. The molecular formula is C23H27N5O. The number of piperazine rings is 1. The van der Waals surface area contributed by atoms with Crippen molar-refractivity contribution in [3.63, 3.8) is 0 Å². The third-order valence-electron chi connectivity index (χ3n) is 5.44. The van der Waals surface area contributed by atoms with Crippen molar-refractivity contribution in [2.75, 3.05) is 32.7 Å². The molecular weight excluding hydrogens is 362 g/mol. The molecule has 6 nitrogen and oxygen atoms in total. The number of carbonyl (C=O) groups excluding carboxylic acids is 1. The van der Waals surface area contributed by atoms with Gasteiger partial charge in [-0.1, -0.05) is 42.5 Å². The Morgan fingerprint density at radius 2 is 1.79 bits per heavy atom. The van der Waals surface area contributed by atoms with Gasteiger partial charge < -0.3 is 9.47 Å². The Kier molecular flexibility index (Phi) is 5.62. The van der Waals surface area contributed by atoms with E-state index in [-0.39, 0.29) is 5.91 Å². The molecule has 3 heterocycles. The quantitative estimate of drug-likeness (QED) is 0.674. The van der Waals surface area contributed by atoms with Crippen molar-refractivity contribution in [3.05, 3.63) is 72.1 Å². The monoisotopic (exact) mass is 389 g/mol. The predicted octanol–water partition coefficient (Wildman–Crippen LogP) is 2.90. The van der Waals surface area contributed by atoms with E-state index in [1.165, 1.54) is 5.56 Å². The molecule has 1 amide bonds. The van der Waals surface area contributed by atoms with E-state index in [1.54, 1.807) is 4.68 Å². The molecule has 0 radical (unpaired) electrons. The normalized spacial score (nSPS) is 15.3. The Bertz CT molecular complexity index is 993. The average Bonchev–Trinajstić information content (AvgIpc) is 3.34. The van der Waals surface area contributed by atoms with Crippen molar-refractivity contribution in [1.29, 1.82) is 0 Å².